The maximum atomic E-state index is 9.89. The highest BCUT2D eigenvalue weighted by Gasteiger charge is 2.20. The van der Waals surface area contributed by atoms with Gasteiger partial charge in [-0.15, -0.1) is 23.9 Å². The first-order valence-corrected chi connectivity index (χ1v) is 5.34. The summed E-state index contributed by atoms with van der Waals surface area (Å²) in [5, 5.41) is 9.89. The molecule has 1 aliphatic rings. The van der Waals surface area contributed by atoms with E-state index in [0.717, 1.165) is 12.8 Å². The fourth-order valence-electron chi connectivity index (χ4n) is 1.44. The fraction of sp³-hybridized carbons (Fsp3) is 0.500. The van der Waals surface area contributed by atoms with Gasteiger partial charge in [0.25, 0.3) is 0 Å². The lowest BCUT2D eigenvalue weighted by atomic mass is 10.0. The van der Waals surface area contributed by atoms with Gasteiger partial charge in [-0.05, 0) is 19.3 Å². The third-order valence-corrected chi connectivity index (χ3v) is 2.79. The lowest BCUT2D eigenvalue weighted by molar-refractivity contribution is 0.121. The quantitative estimate of drug-likeness (QED) is 0.559. The lowest BCUT2D eigenvalue weighted by Gasteiger charge is -2.18. The highest BCUT2D eigenvalue weighted by atomic mass is 35.5. The largest absolute Gasteiger partial charge is 0.384 e. The molecule has 1 rings (SSSR count). The second-order valence-corrected chi connectivity index (χ2v) is 3.89. The Balaban J connectivity index is 2.59. The van der Waals surface area contributed by atoms with Crippen molar-refractivity contribution in [2.45, 2.75) is 31.3 Å². The molecule has 1 nitrogen and oxygen atoms in total. The van der Waals surface area contributed by atoms with Gasteiger partial charge in [-0.2, -0.15) is 0 Å². The Hall–Kier alpha value is -0.710. The fourth-order valence-corrected chi connectivity index (χ4v) is 1.62. The van der Waals surface area contributed by atoms with E-state index >= 15 is 0 Å². The van der Waals surface area contributed by atoms with Crippen LogP contribution in [0.15, 0.2) is 23.8 Å². The maximum absolute atomic E-state index is 9.89. The van der Waals surface area contributed by atoms with Crippen LogP contribution in [0.2, 0.25) is 0 Å². The standard InChI is InChI=1S/C12H15ClO/c1-2-8-12(14,10-13)9-7-11-5-3-4-6-11/h1,5,7,9,14H,3-4,6,8,10H2/b9-7+. The van der Waals surface area contributed by atoms with Crippen LogP contribution in [0.3, 0.4) is 0 Å². The Bertz CT molecular complexity index is 285. The molecule has 0 spiro atoms. The number of alkyl halides is 1. The number of terminal acetylenes is 1. The van der Waals surface area contributed by atoms with Crippen LogP contribution in [-0.4, -0.2) is 16.6 Å². The van der Waals surface area contributed by atoms with Gasteiger partial charge < -0.3 is 5.11 Å². The Morgan fingerprint density at radius 2 is 2.50 bits per heavy atom. The van der Waals surface area contributed by atoms with Crippen molar-refractivity contribution in [2.75, 3.05) is 5.88 Å². The summed E-state index contributed by atoms with van der Waals surface area (Å²) < 4.78 is 0. The molecule has 0 aromatic heterocycles. The van der Waals surface area contributed by atoms with Crippen LogP contribution >= 0.6 is 11.6 Å². The highest BCUT2D eigenvalue weighted by molar-refractivity contribution is 6.18. The molecule has 0 fully saturated rings. The van der Waals surface area contributed by atoms with Crippen LogP contribution in [0.4, 0.5) is 0 Å². The van der Waals surface area contributed by atoms with E-state index < -0.39 is 5.60 Å². The van der Waals surface area contributed by atoms with Gasteiger partial charge in [-0.1, -0.05) is 23.8 Å². The van der Waals surface area contributed by atoms with Gasteiger partial charge in [-0.3, -0.25) is 0 Å². The summed E-state index contributed by atoms with van der Waals surface area (Å²) in [5.41, 5.74) is 0.227. The monoisotopic (exact) mass is 210 g/mol. The van der Waals surface area contributed by atoms with E-state index in [2.05, 4.69) is 12.0 Å². The zero-order valence-electron chi connectivity index (χ0n) is 8.17. The Morgan fingerprint density at radius 1 is 1.71 bits per heavy atom. The molecule has 0 aromatic carbocycles. The molecule has 1 aliphatic carbocycles. The van der Waals surface area contributed by atoms with E-state index in [4.69, 9.17) is 18.0 Å². The zero-order valence-corrected chi connectivity index (χ0v) is 8.93. The molecular formula is C12H15ClO. The van der Waals surface area contributed by atoms with Gasteiger partial charge in [0.1, 0.15) is 5.60 Å². The van der Waals surface area contributed by atoms with Gasteiger partial charge in [0.15, 0.2) is 0 Å². The predicted molar refractivity (Wildman–Crippen MR) is 60.2 cm³/mol. The van der Waals surface area contributed by atoms with Crippen LogP contribution in [0, 0.1) is 12.3 Å². The van der Waals surface area contributed by atoms with Gasteiger partial charge in [0.2, 0.25) is 0 Å². The first kappa shape index (κ1) is 11.4. The summed E-state index contributed by atoms with van der Waals surface area (Å²) in [4.78, 5) is 0. The Kier molecular flexibility index (Phi) is 4.25. The molecule has 0 aromatic rings. The predicted octanol–water partition coefficient (Wildman–Crippen LogP) is 2.65. The van der Waals surface area contributed by atoms with Crippen LogP contribution in [0.5, 0.6) is 0 Å². The van der Waals surface area contributed by atoms with Crippen molar-refractivity contribution in [3.8, 4) is 12.3 Å². The first-order valence-electron chi connectivity index (χ1n) is 4.80. The van der Waals surface area contributed by atoms with E-state index in [1.807, 2.05) is 6.08 Å². The number of allylic oxidation sites excluding steroid dienone is 3. The number of hydrogen-bond donors (Lipinski definition) is 1. The van der Waals surface area contributed by atoms with Crippen molar-refractivity contribution in [3.05, 3.63) is 23.8 Å². The molecule has 0 saturated carbocycles. The lowest BCUT2D eigenvalue weighted by Crippen LogP contribution is -2.27. The molecule has 14 heavy (non-hydrogen) atoms. The summed E-state index contributed by atoms with van der Waals surface area (Å²) in [6.07, 6.45) is 14.7. The third kappa shape index (κ3) is 3.21. The third-order valence-electron chi connectivity index (χ3n) is 2.32. The van der Waals surface area contributed by atoms with Crippen molar-refractivity contribution in [2.24, 2.45) is 0 Å². The van der Waals surface area contributed by atoms with E-state index in [1.54, 1.807) is 6.08 Å². The molecule has 0 amide bonds. The molecule has 0 heterocycles. The second kappa shape index (κ2) is 5.24. The average Bonchev–Trinajstić information content (AvgIpc) is 2.68. The molecule has 76 valence electrons. The van der Waals surface area contributed by atoms with Crippen molar-refractivity contribution >= 4 is 11.6 Å². The maximum Gasteiger partial charge on any atom is 0.107 e. The second-order valence-electron chi connectivity index (χ2n) is 3.62. The summed E-state index contributed by atoms with van der Waals surface area (Å²) in [6.45, 7) is 0. The minimum atomic E-state index is -1.04. The molecule has 1 atom stereocenters. The summed E-state index contributed by atoms with van der Waals surface area (Å²) in [5.74, 6) is 2.57. The minimum absolute atomic E-state index is 0.140. The number of halogens is 1. The topological polar surface area (TPSA) is 20.2 Å². The summed E-state index contributed by atoms with van der Waals surface area (Å²) >= 11 is 5.66. The number of aliphatic hydroxyl groups is 1. The molecule has 0 aliphatic heterocycles. The smallest absolute Gasteiger partial charge is 0.107 e. The molecule has 0 bridgehead atoms. The van der Waals surface area contributed by atoms with Crippen LogP contribution in [0.1, 0.15) is 25.7 Å². The first-order chi connectivity index (χ1) is 6.70. The zero-order chi connectivity index (χ0) is 10.4. The van der Waals surface area contributed by atoms with Crippen LogP contribution in [-0.2, 0) is 0 Å². The number of hydrogen-bond acceptors (Lipinski definition) is 1. The van der Waals surface area contributed by atoms with E-state index in [-0.39, 0.29) is 12.3 Å². The van der Waals surface area contributed by atoms with Gasteiger partial charge in [0.05, 0.1) is 5.88 Å². The van der Waals surface area contributed by atoms with Gasteiger partial charge >= 0.3 is 0 Å². The number of rotatable bonds is 4. The van der Waals surface area contributed by atoms with Crippen LogP contribution in [0.25, 0.3) is 0 Å². The van der Waals surface area contributed by atoms with E-state index in [9.17, 15) is 5.11 Å². The van der Waals surface area contributed by atoms with Crippen LogP contribution < -0.4 is 0 Å². The van der Waals surface area contributed by atoms with E-state index in [0.29, 0.717) is 0 Å². The summed E-state index contributed by atoms with van der Waals surface area (Å²) in [7, 11) is 0. The molecule has 0 radical (unpaired) electrons. The van der Waals surface area contributed by atoms with Crippen molar-refractivity contribution in [3.63, 3.8) is 0 Å². The molecule has 0 saturated heterocycles. The van der Waals surface area contributed by atoms with Gasteiger partial charge in [-0.25, -0.2) is 0 Å². The van der Waals surface area contributed by atoms with Crippen molar-refractivity contribution < 1.29 is 5.11 Å². The minimum Gasteiger partial charge on any atom is -0.384 e. The molecule has 1 N–H and O–H groups in total. The molecular weight excluding hydrogens is 196 g/mol. The highest BCUT2D eigenvalue weighted by Crippen LogP contribution is 2.21. The van der Waals surface area contributed by atoms with Crippen molar-refractivity contribution in [1.29, 1.82) is 0 Å². The normalized spacial score (nSPS) is 20.5. The van der Waals surface area contributed by atoms with E-state index in [1.165, 1.54) is 12.0 Å². The Labute approximate surface area is 90.5 Å². The average molecular weight is 211 g/mol. The molecule has 1 unspecified atom stereocenters. The summed E-state index contributed by atoms with van der Waals surface area (Å²) in [6, 6.07) is 0. The van der Waals surface area contributed by atoms with Gasteiger partial charge in [0, 0.05) is 6.42 Å². The Morgan fingerprint density at radius 3 is 3.00 bits per heavy atom. The molecule has 2 heteroatoms. The van der Waals surface area contributed by atoms with Crippen molar-refractivity contribution in [1.82, 2.24) is 0 Å². The SMILES string of the molecule is C#CCC(O)(/C=C/C1=CCCC1)CCl.